The third-order valence-corrected chi connectivity index (χ3v) is 6.33. The minimum Gasteiger partial charge on any atom is -0.333 e. The summed E-state index contributed by atoms with van der Waals surface area (Å²) in [7, 11) is 0. The Hall–Kier alpha value is -5.06. The Kier molecular flexibility index (Phi) is 6.25. The van der Waals surface area contributed by atoms with Gasteiger partial charge in [0.25, 0.3) is 0 Å². The Bertz CT molecular complexity index is 1830. The summed E-state index contributed by atoms with van der Waals surface area (Å²) in [6, 6.07) is 19.8. The number of hydrogen-bond acceptors (Lipinski definition) is 4. The van der Waals surface area contributed by atoms with Crippen molar-refractivity contribution in [2.45, 2.75) is 12.7 Å². The number of nitrogens with zero attached hydrogens (tertiary/aromatic N) is 5. The number of aromatic amines is 1. The van der Waals surface area contributed by atoms with Crippen LogP contribution in [0.25, 0.3) is 44.8 Å². The van der Waals surface area contributed by atoms with Gasteiger partial charge in [0.05, 0.1) is 16.8 Å². The number of H-pyrrole nitrogens is 1. The minimum absolute atomic E-state index is 0.0146. The van der Waals surface area contributed by atoms with Gasteiger partial charge in [-0.2, -0.15) is 18.3 Å². The van der Waals surface area contributed by atoms with Crippen LogP contribution in [0.1, 0.15) is 11.3 Å². The molecule has 0 radical (unpaired) electrons. The van der Waals surface area contributed by atoms with Crippen molar-refractivity contribution in [2.24, 2.45) is 0 Å². The lowest BCUT2D eigenvalue weighted by Gasteiger charge is -2.14. The van der Waals surface area contributed by atoms with E-state index in [9.17, 15) is 22.0 Å². The Morgan fingerprint density at radius 2 is 1.62 bits per heavy atom. The van der Waals surface area contributed by atoms with Crippen LogP contribution in [0.15, 0.2) is 91.3 Å². The van der Waals surface area contributed by atoms with Crippen molar-refractivity contribution in [2.75, 3.05) is 0 Å². The highest BCUT2D eigenvalue weighted by atomic mass is 19.4. The van der Waals surface area contributed by atoms with Crippen molar-refractivity contribution in [1.29, 1.82) is 0 Å². The maximum Gasteiger partial charge on any atom is 0.417 e. The molecule has 198 valence electrons. The topological polar surface area (TPSA) is 71.2 Å². The lowest BCUT2D eigenvalue weighted by molar-refractivity contribution is -0.745. The number of benzene rings is 3. The molecule has 1 N–H and O–H groups in total. The fourth-order valence-electron chi connectivity index (χ4n) is 4.38. The van der Waals surface area contributed by atoms with Gasteiger partial charge in [-0.25, -0.2) is 13.8 Å². The molecule has 40 heavy (non-hydrogen) atoms. The fourth-order valence-corrected chi connectivity index (χ4v) is 4.38. The first-order valence-electron chi connectivity index (χ1n) is 12.1. The first-order chi connectivity index (χ1) is 19.3. The smallest absolute Gasteiger partial charge is 0.333 e. The minimum atomic E-state index is -4.59. The van der Waals surface area contributed by atoms with Gasteiger partial charge in [0.15, 0.2) is 11.6 Å². The van der Waals surface area contributed by atoms with E-state index in [-0.39, 0.29) is 29.2 Å². The van der Waals surface area contributed by atoms with Crippen LogP contribution in [0.2, 0.25) is 0 Å². The number of alkyl halides is 3. The number of halogens is 5. The standard InChI is InChI=1S/C29H17F5N6/c30-23-8-4-7-21(27(23)31)28-36-25-14-35-40(16-26(25)37-28)15-19-10-12-24(39-38-19)20-11-9-18(13-22(20)29(32,33)34)17-5-2-1-3-6-17/h1-14,16H,15H2/p+1. The van der Waals surface area contributed by atoms with Gasteiger partial charge in [-0.1, -0.05) is 53.2 Å². The van der Waals surface area contributed by atoms with Crippen molar-refractivity contribution in [3.63, 3.8) is 0 Å². The molecule has 0 unspecified atom stereocenters. The van der Waals surface area contributed by atoms with Crippen molar-refractivity contribution < 1.29 is 26.6 Å². The lowest BCUT2D eigenvalue weighted by Crippen LogP contribution is -2.38. The summed E-state index contributed by atoms with van der Waals surface area (Å²) in [4.78, 5) is 7.23. The Labute approximate surface area is 223 Å². The third-order valence-electron chi connectivity index (χ3n) is 6.33. The second kappa shape index (κ2) is 9.92. The maximum atomic E-state index is 14.2. The van der Waals surface area contributed by atoms with Crippen LogP contribution in [-0.4, -0.2) is 25.3 Å². The molecule has 0 aliphatic heterocycles. The number of rotatable bonds is 5. The zero-order valence-electron chi connectivity index (χ0n) is 20.5. The molecule has 0 atom stereocenters. The van der Waals surface area contributed by atoms with Crippen LogP contribution >= 0.6 is 0 Å². The van der Waals surface area contributed by atoms with Crippen LogP contribution in [0.5, 0.6) is 0 Å². The largest absolute Gasteiger partial charge is 0.417 e. The summed E-state index contributed by atoms with van der Waals surface area (Å²) in [5, 5.41) is 12.4. The SMILES string of the molecule is Fc1cccc(-c2nc3cn[n+](Cc4ccc(-c5ccc(-c6ccccc6)cc5C(F)(F)F)nn4)cc3[nH]2)c1F. The molecule has 0 saturated carbocycles. The van der Waals surface area contributed by atoms with Crippen molar-refractivity contribution in [3.05, 3.63) is 114 Å². The van der Waals surface area contributed by atoms with Gasteiger partial charge in [0.1, 0.15) is 28.7 Å². The lowest BCUT2D eigenvalue weighted by atomic mass is 9.97. The van der Waals surface area contributed by atoms with E-state index < -0.39 is 23.4 Å². The fraction of sp³-hybridized carbons (Fsp3) is 0.0690. The molecular weight excluding hydrogens is 527 g/mol. The zero-order valence-corrected chi connectivity index (χ0v) is 20.5. The number of fused-ring (bicyclic) bond motifs is 1. The van der Waals surface area contributed by atoms with Crippen LogP contribution in [0.3, 0.4) is 0 Å². The van der Waals surface area contributed by atoms with E-state index in [2.05, 4.69) is 25.3 Å². The molecule has 0 amide bonds. The van der Waals surface area contributed by atoms with Gasteiger partial charge >= 0.3 is 6.18 Å². The summed E-state index contributed by atoms with van der Waals surface area (Å²) in [6.45, 7) is 0.158. The molecular formula is C29H18F5N6+. The second-order valence-electron chi connectivity index (χ2n) is 8.99. The first kappa shape index (κ1) is 25.2. The highest BCUT2D eigenvalue weighted by molar-refractivity contribution is 5.77. The van der Waals surface area contributed by atoms with Gasteiger partial charge in [-0.15, -0.1) is 5.10 Å². The third kappa shape index (κ3) is 4.89. The second-order valence-corrected chi connectivity index (χ2v) is 8.99. The summed E-state index contributed by atoms with van der Waals surface area (Å²) >= 11 is 0. The number of nitrogens with one attached hydrogen (secondary N) is 1. The molecule has 3 aromatic heterocycles. The molecule has 0 fully saturated rings. The predicted octanol–water partition coefficient (Wildman–Crippen LogP) is 6.38. The number of aromatic nitrogens is 6. The summed E-state index contributed by atoms with van der Waals surface area (Å²) in [5.41, 5.74) is 1.72. The van der Waals surface area contributed by atoms with Crippen LogP contribution in [-0.2, 0) is 12.7 Å². The molecule has 3 heterocycles. The van der Waals surface area contributed by atoms with Crippen molar-refractivity contribution in [3.8, 4) is 33.8 Å². The molecule has 3 aromatic carbocycles. The number of imidazole rings is 1. The Balaban J connectivity index is 1.26. The van der Waals surface area contributed by atoms with Crippen LogP contribution in [0, 0.1) is 11.6 Å². The predicted molar refractivity (Wildman–Crippen MR) is 136 cm³/mol. The molecule has 6 nitrogen and oxygen atoms in total. The Morgan fingerprint density at radius 1 is 0.800 bits per heavy atom. The van der Waals surface area contributed by atoms with Crippen LogP contribution in [0.4, 0.5) is 22.0 Å². The average Bonchev–Trinajstić information content (AvgIpc) is 3.38. The highest BCUT2D eigenvalue weighted by Crippen LogP contribution is 2.38. The van der Waals surface area contributed by atoms with E-state index in [1.54, 1.807) is 48.7 Å². The van der Waals surface area contributed by atoms with Gasteiger partial charge in [0, 0.05) is 5.56 Å². The molecule has 11 heteroatoms. The van der Waals surface area contributed by atoms with E-state index in [0.29, 0.717) is 27.9 Å². The van der Waals surface area contributed by atoms with Gasteiger partial charge < -0.3 is 4.98 Å². The molecule has 0 aliphatic rings. The van der Waals surface area contributed by atoms with Crippen LogP contribution < -0.4 is 4.68 Å². The molecule has 0 saturated heterocycles. The quantitative estimate of drug-likeness (QED) is 0.202. The molecule has 0 aliphatic carbocycles. The summed E-state index contributed by atoms with van der Waals surface area (Å²) < 4.78 is 71.2. The monoisotopic (exact) mass is 545 g/mol. The van der Waals surface area contributed by atoms with E-state index in [1.165, 1.54) is 35.1 Å². The first-order valence-corrected chi connectivity index (χ1v) is 12.1. The van der Waals surface area contributed by atoms with Gasteiger partial charge in [-0.3, -0.25) is 0 Å². The summed E-state index contributed by atoms with van der Waals surface area (Å²) in [5.74, 6) is -1.85. The average molecular weight is 545 g/mol. The van der Waals surface area contributed by atoms with Crippen molar-refractivity contribution >= 4 is 11.0 Å². The molecule has 0 bridgehead atoms. The maximum absolute atomic E-state index is 14.2. The Morgan fingerprint density at radius 3 is 2.38 bits per heavy atom. The van der Waals surface area contributed by atoms with E-state index >= 15 is 0 Å². The normalized spacial score (nSPS) is 11.7. The van der Waals surface area contributed by atoms with E-state index in [1.807, 2.05) is 0 Å². The highest BCUT2D eigenvalue weighted by Gasteiger charge is 2.34. The molecule has 0 spiro atoms. The van der Waals surface area contributed by atoms with E-state index in [4.69, 9.17) is 0 Å². The molecule has 6 aromatic rings. The zero-order chi connectivity index (χ0) is 27.9. The van der Waals surface area contributed by atoms with Gasteiger partial charge in [-0.05, 0) is 46.6 Å². The van der Waals surface area contributed by atoms with Gasteiger partial charge in [0.2, 0.25) is 12.7 Å². The number of hydrogen-bond donors (Lipinski definition) is 1. The molecule has 6 rings (SSSR count). The van der Waals surface area contributed by atoms with E-state index in [0.717, 1.165) is 12.1 Å². The summed E-state index contributed by atoms with van der Waals surface area (Å²) in [6.07, 6.45) is -1.52. The van der Waals surface area contributed by atoms with Crippen molar-refractivity contribution in [1.82, 2.24) is 25.3 Å².